The predicted molar refractivity (Wildman–Crippen MR) is 122 cm³/mol. The molecule has 4 rings (SSSR count). The van der Waals surface area contributed by atoms with Crippen LogP contribution in [0.5, 0.6) is 0 Å². The second-order valence-corrected chi connectivity index (χ2v) is 7.73. The fraction of sp³-hybridized carbons (Fsp3) is 0.240. The molecule has 0 saturated heterocycles. The van der Waals surface area contributed by atoms with Crippen LogP contribution in [-0.4, -0.2) is 33.6 Å². The van der Waals surface area contributed by atoms with Crippen molar-refractivity contribution in [2.75, 3.05) is 42.8 Å². The number of amides is 1. The minimum Gasteiger partial charge on any atom is -0.385 e. The van der Waals surface area contributed by atoms with Crippen molar-refractivity contribution in [3.05, 3.63) is 77.9 Å². The van der Waals surface area contributed by atoms with Crippen molar-refractivity contribution in [2.45, 2.75) is 12.8 Å². The van der Waals surface area contributed by atoms with Crippen LogP contribution < -0.4 is 15.1 Å². The summed E-state index contributed by atoms with van der Waals surface area (Å²) in [5.41, 5.74) is 7.34. The Morgan fingerprint density at radius 3 is 2.48 bits per heavy atom. The molecule has 0 aromatic heterocycles. The molecular weight excluding hydrogens is 358 g/mol. The van der Waals surface area contributed by atoms with Gasteiger partial charge in [0, 0.05) is 55.9 Å². The van der Waals surface area contributed by atoms with E-state index in [9.17, 15) is 4.79 Å². The van der Waals surface area contributed by atoms with Crippen molar-refractivity contribution in [2.24, 2.45) is 0 Å². The zero-order valence-electron chi connectivity index (χ0n) is 17.3. The molecule has 0 unspecified atom stereocenters. The third-order valence-electron chi connectivity index (χ3n) is 5.54. The van der Waals surface area contributed by atoms with Gasteiger partial charge in [-0.3, -0.25) is 4.79 Å². The molecular formula is C25H27N3O. The van der Waals surface area contributed by atoms with Crippen LogP contribution in [0.25, 0.3) is 11.1 Å². The number of anilines is 3. The predicted octanol–water partition coefficient (Wildman–Crippen LogP) is 5.05. The number of hydrogen-bond donors (Lipinski definition) is 1. The summed E-state index contributed by atoms with van der Waals surface area (Å²) >= 11 is 0. The minimum atomic E-state index is -0.0107. The van der Waals surface area contributed by atoms with Crippen LogP contribution in [0.4, 0.5) is 17.1 Å². The molecule has 1 aliphatic heterocycles. The van der Waals surface area contributed by atoms with Gasteiger partial charge in [0.15, 0.2) is 0 Å². The number of fused-ring (bicyclic) bond motifs is 1. The normalized spacial score (nSPS) is 12.7. The number of benzene rings is 3. The van der Waals surface area contributed by atoms with Crippen molar-refractivity contribution >= 4 is 23.0 Å². The molecule has 4 nitrogen and oxygen atoms in total. The average molecular weight is 386 g/mol. The maximum absolute atomic E-state index is 13.2. The lowest BCUT2D eigenvalue weighted by molar-refractivity contribution is 0.0993. The molecule has 3 aromatic carbocycles. The standard InChI is InChI=1S/C25H27N3O/c1-27(2)24-16-20(12-14-22(24)18-8-5-4-6-9-18)25(29)28(3)21-13-11-19-10-7-15-26-23(19)17-21/h4-6,8-9,11-14,16-17,26H,7,10,15H2,1-3H3. The number of rotatable bonds is 4. The summed E-state index contributed by atoms with van der Waals surface area (Å²) in [6.07, 6.45) is 2.25. The smallest absolute Gasteiger partial charge is 0.258 e. The van der Waals surface area contributed by atoms with E-state index in [-0.39, 0.29) is 5.91 Å². The van der Waals surface area contributed by atoms with Gasteiger partial charge in [0.1, 0.15) is 0 Å². The lowest BCUT2D eigenvalue weighted by Gasteiger charge is -2.24. The second kappa shape index (κ2) is 8.00. The van der Waals surface area contributed by atoms with Gasteiger partial charge in [0.05, 0.1) is 0 Å². The van der Waals surface area contributed by atoms with Gasteiger partial charge in [-0.1, -0.05) is 42.5 Å². The lowest BCUT2D eigenvalue weighted by atomic mass is 10.00. The molecule has 29 heavy (non-hydrogen) atoms. The van der Waals surface area contributed by atoms with Crippen LogP contribution in [0.2, 0.25) is 0 Å². The van der Waals surface area contributed by atoms with E-state index in [1.165, 1.54) is 5.56 Å². The molecule has 4 heteroatoms. The van der Waals surface area contributed by atoms with Crippen LogP contribution in [0, 0.1) is 0 Å². The summed E-state index contributed by atoms with van der Waals surface area (Å²) in [5.74, 6) is -0.0107. The first-order chi connectivity index (χ1) is 14.0. The summed E-state index contributed by atoms with van der Waals surface area (Å²) in [6.45, 7) is 0.987. The van der Waals surface area contributed by atoms with Gasteiger partial charge in [0.25, 0.3) is 5.91 Å². The number of carbonyl (C=O) groups excluding carboxylic acids is 1. The van der Waals surface area contributed by atoms with Gasteiger partial charge in [-0.05, 0) is 48.2 Å². The summed E-state index contributed by atoms with van der Waals surface area (Å²) in [7, 11) is 5.86. The highest BCUT2D eigenvalue weighted by Crippen LogP contribution is 2.32. The fourth-order valence-corrected chi connectivity index (χ4v) is 3.86. The van der Waals surface area contributed by atoms with Gasteiger partial charge < -0.3 is 15.1 Å². The highest BCUT2D eigenvalue weighted by Gasteiger charge is 2.18. The summed E-state index contributed by atoms with van der Waals surface area (Å²) < 4.78 is 0. The van der Waals surface area contributed by atoms with E-state index < -0.39 is 0 Å². The first kappa shape index (κ1) is 19.1. The molecule has 0 aliphatic carbocycles. The summed E-state index contributed by atoms with van der Waals surface area (Å²) in [5, 5.41) is 3.44. The van der Waals surface area contributed by atoms with E-state index in [0.717, 1.165) is 47.6 Å². The van der Waals surface area contributed by atoms with E-state index in [1.807, 2.05) is 63.6 Å². The molecule has 1 aliphatic rings. The van der Waals surface area contributed by atoms with Gasteiger partial charge in [-0.25, -0.2) is 0 Å². The summed E-state index contributed by atoms with van der Waals surface area (Å²) in [4.78, 5) is 17.0. The van der Waals surface area contributed by atoms with Gasteiger partial charge >= 0.3 is 0 Å². The van der Waals surface area contributed by atoms with Crippen molar-refractivity contribution < 1.29 is 4.79 Å². The quantitative estimate of drug-likeness (QED) is 0.682. The van der Waals surface area contributed by atoms with Gasteiger partial charge in [0.2, 0.25) is 0 Å². The Bertz CT molecular complexity index is 1030. The number of nitrogens with zero attached hydrogens (tertiary/aromatic N) is 2. The Hall–Kier alpha value is -3.27. The van der Waals surface area contributed by atoms with Crippen molar-refractivity contribution in [3.8, 4) is 11.1 Å². The number of hydrogen-bond acceptors (Lipinski definition) is 3. The van der Waals surface area contributed by atoms with E-state index in [0.29, 0.717) is 5.56 Å². The first-order valence-corrected chi connectivity index (χ1v) is 10.1. The average Bonchev–Trinajstić information content (AvgIpc) is 2.78. The monoisotopic (exact) mass is 385 g/mol. The van der Waals surface area contributed by atoms with Crippen molar-refractivity contribution in [1.82, 2.24) is 0 Å². The largest absolute Gasteiger partial charge is 0.385 e. The SMILES string of the molecule is CN(C)c1cc(C(=O)N(C)c2ccc3c(c2)NCCC3)ccc1-c1ccccc1. The zero-order valence-corrected chi connectivity index (χ0v) is 17.3. The molecule has 1 heterocycles. The Labute approximate surface area is 172 Å². The van der Waals surface area contributed by atoms with Crippen LogP contribution >= 0.6 is 0 Å². The van der Waals surface area contributed by atoms with E-state index in [2.05, 4.69) is 34.5 Å². The van der Waals surface area contributed by atoms with Crippen molar-refractivity contribution in [3.63, 3.8) is 0 Å². The van der Waals surface area contributed by atoms with Crippen LogP contribution in [-0.2, 0) is 6.42 Å². The Morgan fingerprint density at radius 2 is 1.72 bits per heavy atom. The second-order valence-electron chi connectivity index (χ2n) is 7.73. The molecule has 148 valence electrons. The molecule has 0 saturated carbocycles. The van der Waals surface area contributed by atoms with E-state index in [1.54, 1.807) is 4.90 Å². The lowest BCUT2D eigenvalue weighted by Crippen LogP contribution is -2.27. The first-order valence-electron chi connectivity index (χ1n) is 10.1. The summed E-state index contributed by atoms with van der Waals surface area (Å²) in [6, 6.07) is 22.5. The molecule has 0 radical (unpaired) electrons. The molecule has 1 amide bonds. The van der Waals surface area contributed by atoms with Crippen LogP contribution in [0.15, 0.2) is 66.7 Å². The third kappa shape index (κ3) is 3.83. The number of aryl methyl sites for hydroxylation is 1. The maximum atomic E-state index is 13.2. The Kier molecular flexibility index (Phi) is 5.26. The van der Waals surface area contributed by atoms with E-state index in [4.69, 9.17) is 0 Å². The number of nitrogens with one attached hydrogen (secondary N) is 1. The third-order valence-corrected chi connectivity index (χ3v) is 5.54. The Morgan fingerprint density at radius 1 is 0.931 bits per heavy atom. The molecule has 3 aromatic rings. The van der Waals surface area contributed by atoms with Crippen LogP contribution in [0.1, 0.15) is 22.3 Å². The molecule has 0 spiro atoms. The molecule has 0 atom stereocenters. The van der Waals surface area contributed by atoms with Crippen LogP contribution in [0.3, 0.4) is 0 Å². The molecule has 1 N–H and O–H groups in total. The fourth-order valence-electron chi connectivity index (χ4n) is 3.86. The maximum Gasteiger partial charge on any atom is 0.258 e. The highest BCUT2D eigenvalue weighted by atomic mass is 16.2. The van der Waals surface area contributed by atoms with Gasteiger partial charge in [-0.2, -0.15) is 0 Å². The van der Waals surface area contributed by atoms with E-state index >= 15 is 0 Å². The molecule has 0 fully saturated rings. The molecule has 0 bridgehead atoms. The topological polar surface area (TPSA) is 35.6 Å². The zero-order chi connectivity index (χ0) is 20.4. The van der Waals surface area contributed by atoms with Crippen molar-refractivity contribution in [1.29, 1.82) is 0 Å². The highest BCUT2D eigenvalue weighted by molar-refractivity contribution is 6.07. The van der Waals surface area contributed by atoms with Gasteiger partial charge in [-0.15, -0.1) is 0 Å². The number of carbonyl (C=O) groups is 1. The minimum absolute atomic E-state index is 0.0107. The Balaban J connectivity index is 1.65.